The van der Waals surface area contributed by atoms with Gasteiger partial charge in [-0.2, -0.15) is 13.2 Å². The van der Waals surface area contributed by atoms with E-state index in [2.05, 4.69) is 6.58 Å². The van der Waals surface area contributed by atoms with Crippen molar-refractivity contribution in [3.63, 3.8) is 0 Å². The van der Waals surface area contributed by atoms with Crippen LogP contribution in [0.1, 0.15) is 18.2 Å². The highest BCUT2D eigenvalue weighted by molar-refractivity contribution is 6.32. The maximum atomic E-state index is 15.0. The zero-order valence-electron chi connectivity index (χ0n) is 16.9. The molecule has 2 rings (SSSR count). The minimum Gasteiger partial charge on any atom is -0.408 e. The number of benzene rings is 1. The Labute approximate surface area is 178 Å². The van der Waals surface area contributed by atoms with Crippen LogP contribution in [0.25, 0.3) is 5.69 Å². The molecule has 0 unspecified atom stereocenters. The number of rotatable bonds is 4. The van der Waals surface area contributed by atoms with Crippen molar-refractivity contribution in [2.45, 2.75) is 19.5 Å². The molecule has 1 heterocycles. The highest BCUT2D eigenvalue weighted by Gasteiger charge is 2.36. The largest absolute Gasteiger partial charge is 0.431 e. The van der Waals surface area contributed by atoms with Gasteiger partial charge in [0.05, 0.1) is 10.7 Å². The van der Waals surface area contributed by atoms with Crippen LogP contribution in [-0.2, 0) is 19.6 Å². The predicted molar refractivity (Wildman–Crippen MR) is 105 cm³/mol. The minimum atomic E-state index is -4.99. The van der Waals surface area contributed by atoms with Crippen molar-refractivity contribution in [1.29, 1.82) is 0 Å². The molecule has 0 saturated heterocycles. The molecule has 2 aromatic rings. The van der Waals surface area contributed by atoms with E-state index in [4.69, 9.17) is 16.3 Å². The van der Waals surface area contributed by atoms with E-state index in [0.29, 0.717) is 11.6 Å². The van der Waals surface area contributed by atoms with Gasteiger partial charge in [0, 0.05) is 32.8 Å². The summed E-state index contributed by atoms with van der Waals surface area (Å²) in [5.41, 5.74) is -4.87. The molecule has 1 amide bonds. The number of ether oxygens (including phenoxy) is 1. The zero-order valence-corrected chi connectivity index (χ0v) is 17.7. The van der Waals surface area contributed by atoms with Gasteiger partial charge in [-0.1, -0.05) is 23.8 Å². The predicted octanol–water partition coefficient (Wildman–Crippen LogP) is 3.53. The van der Waals surface area contributed by atoms with E-state index >= 15 is 0 Å². The number of halogens is 5. The van der Waals surface area contributed by atoms with Gasteiger partial charge in [-0.05, 0) is 19.4 Å². The van der Waals surface area contributed by atoms with Gasteiger partial charge in [0.15, 0.2) is 5.75 Å². The van der Waals surface area contributed by atoms with Gasteiger partial charge < -0.3 is 9.64 Å². The smallest absolute Gasteiger partial charge is 0.408 e. The summed E-state index contributed by atoms with van der Waals surface area (Å²) in [4.78, 5) is 38.2. The third-order valence-electron chi connectivity index (χ3n) is 4.12. The fraction of sp³-hybridized carbons (Fsp3) is 0.316. The van der Waals surface area contributed by atoms with E-state index in [0.717, 1.165) is 11.9 Å². The van der Waals surface area contributed by atoms with Crippen molar-refractivity contribution in [1.82, 2.24) is 14.0 Å². The summed E-state index contributed by atoms with van der Waals surface area (Å²) in [6.45, 7) is 5.21. The highest BCUT2D eigenvalue weighted by Crippen LogP contribution is 2.37. The Balaban J connectivity index is 2.97. The first-order chi connectivity index (χ1) is 14.2. The van der Waals surface area contributed by atoms with Crippen molar-refractivity contribution in [2.24, 2.45) is 7.05 Å². The highest BCUT2D eigenvalue weighted by atomic mass is 35.5. The van der Waals surface area contributed by atoms with E-state index in [9.17, 15) is 31.9 Å². The number of carbonyl (C=O) groups is 1. The third kappa shape index (κ3) is 4.82. The molecule has 1 aromatic heterocycles. The average molecular weight is 464 g/mol. The fourth-order valence-electron chi connectivity index (χ4n) is 2.74. The van der Waals surface area contributed by atoms with Crippen LogP contribution in [0, 0.1) is 5.82 Å². The van der Waals surface area contributed by atoms with E-state index in [1.807, 2.05) is 0 Å². The van der Waals surface area contributed by atoms with Gasteiger partial charge in [0.2, 0.25) is 0 Å². The maximum absolute atomic E-state index is 15.0. The molecule has 0 N–H and O–H groups in total. The molecule has 0 fully saturated rings. The quantitative estimate of drug-likeness (QED) is 0.513. The zero-order chi connectivity index (χ0) is 23.8. The molecule has 0 radical (unpaired) electrons. The fourth-order valence-corrected chi connectivity index (χ4v) is 2.99. The average Bonchev–Trinajstić information content (AvgIpc) is 2.61. The Morgan fingerprint density at radius 2 is 1.84 bits per heavy atom. The van der Waals surface area contributed by atoms with Crippen LogP contribution in [0.5, 0.6) is 5.75 Å². The molecule has 1 aromatic carbocycles. The molecule has 31 heavy (non-hydrogen) atoms. The second kappa shape index (κ2) is 8.58. The number of amides is 1. The molecule has 0 atom stereocenters. The first-order valence-corrected chi connectivity index (χ1v) is 8.99. The van der Waals surface area contributed by atoms with Crippen LogP contribution in [0.3, 0.4) is 0 Å². The standard InChI is InChI=1S/C19H18ClF4N3O4/c1-9(2)6-10-15(12(21)7-11(20)16(10)31-18(30)25(3)4)27-14(28)8-13(19(22,23)24)26(5)17(27)29/h7-8H,1,6H2,2-5H3. The van der Waals surface area contributed by atoms with Gasteiger partial charge in [0.25, 0.3) is 5.56 Å². The van der Waals surface area contributed by atoms with E-state index < -0.39 is 40.7 Å². The molecule has 7 nitrogen and oxygen atoms in total. The maximum Gasteiger partial charge on any atom is 0.431 e. The van der Waals surface area contributed by atoms with Gasteiger partial charge in [0.1, 0.15) is 11.5 Å². The lowest BCUT2D eigenvalue weighted by Gasteiger charge is -2.20. The van der Waals surface area contributed by atoms with Crippen LogP contribution >= 0.6 is 11.6 Å². The first kappa shape index (κ1) is 24.2. The molecular weight excluding hydrogens is 446 g/mol. The molecule has 0 aliphatic heterocycles. The lowest BCUT2D eigenvalue weighted by atomic mass is 10.0. The molecule has 0 aliphatic rings. The SMILES string of the molecule is C=C(C)Cc1c(OC(=O)N(C)C)c(Cl)cc(F)c1-n1c(=O)cc(C(F)(F)F)n(C)c1=O. The Kier molecular flexibility index (Phi) is 6.69. The summed E-state index contributed by atoms with van der Waals surface area (Å²) in [5.74, 6) is -1.53. The number of allylic oxidation sites excluding steroid dienone is 1. The number of hydrogen-bond donors (Lipinski definition) is 0. The van der Waals surface area contributed by atoms with Gasteiger partial charge in [-0.25, -0.2) is 18.5 Å². The summed E-state index contributed by atoms with van der Waals surface area (Å²) in [5, 5.41) is -0.343. The van der Waals surface area contributed by atoms with Gasteiger partial charge in [-0.15, -0.1) is 0 Å². The Morgan fingerprint density at radius 3 is 2.32 bits per heavy atom. The van der Waals surface area contributed by atoms with E-state index in [1.165, 1.54) is 21.0 Å². The van der Waals surface area contributed by atoms with Crippen molar-refractivity contribution in [2.75, 3.05) is 14.1 Å². The minimum absolute atomic E-state index is 0.172. The molecule has 168 valence electrons. The van der Waals surface area contributed by atoms with E-state index in [-0.39, 0.29) is 38.0 Å². The second-order valence-corrected chi connectivity index (χ2v) is 7.34. The van der Waals surface area contributed by atoms with Crippen LogP contribution < -0.4 is 16.0 Å². The van der Waals surface area contributed by atoms with Crippen LogP contribution in [0.2, 0.25) is 5.02 Å². The number of carbonyl (C=O) groups excluding carboxylic acids is 1. The molecular formula is C19H18ClF4N3O4. The first-order valence-electron chi connectivity index (χ1n) is 8.61. The number of hydrogen-bond acceptors (Lipinski definition) is 4. The molecule has 0 saturated carbocycles. The number of aromatic nitrogens is 2. The normalized spacial score (nSPS) is 11.4. The van der Waals surface area contributed by atoms with Crippen LogP contribution in [-0.4, -0.2) is 34.2 Å². The Morgan fingerprint density at radius 1 is 1.26 bits per heavy atom. The third-order valence-corrected chi connectivity index (χ3v) is 4.40. The van der Waals surface area contributed by atoms with Gasteiger partial charge in [-0.3, -0.25) is 9.36 Å². The van der Waals surface area contributed by atoms with Crippen molar-refractivity contribution >= 4 is 17.7 Å². The molecule has 12 heteroatoms. The summed E-state index contributed by atoms with van der Waals surface area (Å²) in [7, 11) is 3.53. The molecule has 0 bridgehead atoms. The van der Waals surface area contributed by atoms with Gasteiger partial charge >= 0.3 is 18.0 Å². The van der Waals surface area contributed by atoms with E-state index in [1.54, 1.807) is 0 Å². The Bertz CT molecular complexity index is 1180. The summed E-state index contributed by atoms with van der Waals surface area (Å²) in [6.07, 6.45) is -6.08. The lowest BCUT2D eigenvalue weighted by Crippen LogP contribution is -2.41. The second-order valence-electron chi connectivity index (χ2n) is 6.94. The van der Waals surface area contributed by atoms with Crippen molar-refractivity contribution in [3.05, 3.63) is 67.2 Å². The summed E-state index contributed by atoms with van der Waals surface area (Å²) in [6, 6.07) is 0.867. The monoisotopic (exact) mass is 463 g/mol. The summed E-state index contributed by atoms with van der Waals surface area (Å²) >= 11 is 6.04. The molecule has 0 aliphatic carbocycles. The number of nitrogens with zero attached hydrogens (tertiary/aromatic N) is 3. The van der Waals surface area contributed by atoms with Crippen LogP contribution in [0.4, 0.5) is 22.4 Å². The van der Waals surface area contributed by atoms with Crippen molar-refractivity contribution in [3.8, 4) is 11.4 Å². The van der Waals surface area contributed by atoms with Crippen molar-refractivity contribution < 1.29 is 27.1 Å². The lowest BCUT2D eigenvalue weighted by molar-refractivity contribution is -0.144. The topological polar surface area (TPSA) is 73.5 Å². The van der Waals surface area contributed by atoms with Crippen LogP contribution in [0.15, 0.2) is 33.9 Å². The Hall–Kier alpha value is -3.08. The summed E-state index contributed by atoms with van der Waals surface area (Å²) < 4.78 is 60.0. The number of alkyl halides is 3. The molecule has 0 spiro atoms.